The Balaban J connectivity index is 2.13. The number of rotatable bonds is 5. The second-order valence-electron chi connectivity index (χ2n) is 6.46. The summed E-state index contributed by atoms with van der Waals surface area (Å²) in [6, 6.07) is 16.2. The van der Waals surface area contributed by atoms with Crippen LogP contribution in [-0.2, 0) is 24.6 Å². The zero-order valence-electron chi connectivity index (χ0n) is 15.6. The third-order valence-corrected chi connectivity index (χ3v) is 5.11. The van der Waals surface area contributed by atoms with Crippen molar-refractivity contribution in [2.75, 3.05) is 21.3 Å². The van der Waals surface area contributed by atoms with Crippen molar-refractivity contribution in [1.82, 2.24) is 5.32 Å². The van der Waals surface area contributed by atoms with Gasteiger partial charge in [-0.1, -0.05) is 48.5 Å². The summed E-state index contributed by atoms with van der Waals surface area (Å²) in [7, 11) is 4.27. The molecule has 0 spiro atoms. The molecule has 6 nitrogen and oxygen atoms in total. The number of benzene rings is 2. The van der Waals surface area contributed by atoms with Gasteiger partial charge in [0.05, 0.1) is 33.3 Å². The Labute approximate surface area is 158 Å². The Morgan fingerprint density at radius 1 is 0.963 bits per heavy atom. The van der Waals surface area contributed by atoms with Crippen molar-refractivity contribution in [2.45, 2.75) is 18.0 Å². The van der Waals surface area contributed by atoms with Crippen LogP contribution < -0.4 is 10.1 Å². The molecule has 1 heterocycles. The maximum atomic E-state index is 12.9. The van der Waals surface area contributed by atoms with Crippen LogP contribution in [0.15, 0.2) is 54.6 Å². The van der Waals surface area contributed by atoms with Crippen LogP contribution in [-0.4, -0.2) is 33.3 Å². The number of hydrogen-bond acceptors (Lipinski definition) is 6. The van der Waals surface area contributed by atoms with Crippen molar-refractivity contribution in [1.29, 1.82) is 0 Å². The standard InChI is InChI=1S/C21H23NO5/c1-25-17-12-8-7-11-15(17)18-16(19(23)26-2)13-21(22-18,20(24)27-3)14-9-5-4-6-10-14/h4-12,16,18,22H,13H2,1-3H3/t16-,18?,21-/m0/s1. The Hall–Kier alpha value is -2.86. The molecule has 0 amide bonds. The Morgan fingerprint density at radius 3 is 2.26 bits per heavy atom. The average molecular weight is 369 g/mol. The number of methoxy groups -OCH3 is 3. The highest BCUT2D eigenvalue weighted by molar-refractivity contribution is 5.86. The van der Waals surface area contributed by atoms with E-state index in [1.165, 1.54) is 14.2 Å². The van der Waals surface area contributed by atoms with Gasteiger partial charge >= 0.3 is 11.9 Å². The van der Waals surface area contributed by atoms with Crippen molar-refractivity contribution in [3.63, 3.8) is 0 Å². The van der Waals surface area contributed by atoms with Crippen molar-refractivity contribution in [3.05, 3.63) is 65.7 Å². The van der Waals surface area contributed by atoms with Crippen LogP contribution >= 0.6 is 0 Å². The van der Waals surface area contributed by atoms with Gasteiger partial charge in [0.2, 0.25) is 0 Å². The molecule has 3 atom stereocenters. The van der Waals surface area contributed by atoms with Gasteiger partial charge < -0.3 is 14.2 Å². The molecule has 1 aliphatic rings. The molecule has 27 heavy (non-hydrogen) atoms. The van der Waals surface area contributed by atoms with Gasteiger partial charge in [0, 0.05) is 5.56 Å². The van der Waals surface area contributed by atoms with E-state index >= 15 is 0 Å². The van der Waals surface area contributed by atoms with Gasteiger partial charge in [-0.05, 0) is 18.1 Å². The molecule has 2 aromatic rings. The topological polar surface area (TPSA) is 73.9 Å². The number of hydrogen-bond donors (Lipinski definition) is 1. The minimum atomic E-state index is -1.15. The summed E-state index contributed by atoms with van der Waals surface area (Å²) < 4.78 is 15.6. The highest BCUT2D eigenvalue weighted by atomic mass is 16.5. The van der Waals surface area contributed by atoms with Crippen LogP contribution in [0, 0.1) is 5.92 Å². The number of carbonyl (C=O) groups excluding carboxylic acids is 2. The summed E-state index contributed by atoms with van der Waals surface area (Å²) in [5.41, 5.74) is 0.376. The summed E-state index contributed by atoms with van der Waals surface area (Å²) in [5.74, 6) is -0.775. The maximum absolute atomic E-state index is 12.9. The average Bonchev–Trinajstić information content (AvgIpc) is 3.15. The molecule has 1 fully saturated rings. The Morgan fingerprint density at radius 2 is 1.63 bits per heavy atom. The van der Waals surface area contributed by atoms with Crippen molar-refractivity contribution >= 4 is 11.9 Å². The van der Waals surface area contributed by atoms with Crippen LogP contribution in [0.1, 0.15) is 23.6 Å². The summed E-state index contributed by atoms with van der Waals surface area (Å²) in [6.07, 6.45) is 0.221. The highest BCUT2D eigenvalue weighted by Crippen LogP contribution is 2.46. The molecule has 0 bridgehead atoms. The van der Waals surface area contributed by atoms with Gasteiger partial charge in [-0.25, -0.2) is 4.79 Å². The fourth-order valence-electron chi connectivity index (χ4n) is 3.82. The van der Waals surface area contributed by atoms with Gasteiger partial charge in [0.25, 0.3) is 0 Å². The Bertz CT molecular complexity index is 822. The number of ether oxygens (including phenoxy) is 3. The molecule has 0 aliphatic carbocycles. The minimum absolute atomic E-state index is 0.221. The van der Waals surface area contributed by atoms with Gasteiger partial charge in [-0.3, -0.25) is 10.1 Å². The molecule has 142 valence electrons. The summed E-state index contributed by atoms with van der Waals surface area (Å²) >= 11 is 0. The first kappa shape index (κ1) is 18.9. The van der Waals surface area contributed by atoms with Gasteiger partial charge in [-0.15, -0.1) is 0 Å². The van der Waals surface area contributed by atoms with Crippen molar-refractivity contribution < 1.29 is 23.8 Å². The first-order valence-electron chi connectivity index (χ1n) is 8.69. The van der Waals surface area contributed by atoms with E-state index in [0.29, 0.717) is 5.75 Å². The predicted molar refractivity (Wildman–Crippen MR) is 99.1 cm³/mol. The van der Waals surface area contributed by atoms with Crippen LogP contribution in [0.3, 0.4) is 0 Å². The van der Waals surface area contributed by atoms with E-state index in [2.05, 4.69) is 5.32 Å². The molecule has 0 radical (unpaired) electrons. The normalized spacial score (nSPS) is 24.3. The first-order chi connectivity index (χ1) is 13.1. The molecular weight excluding hydrogens is 346 g/mol. The predicted octanol–water partition coefficient (Wildman–Crippen LogP) is 2.59. The monoisotopic (exact) mass is 369 g/mol. The zero-order chi connectivity index (χ0) is 19.4. The molecule has 1 saturated heterocycles. The van der Waals surface area contributed by atoms with Gasteiger partial charge in [-0.2, -0.15) is 0 Å². The molecule has 1 N–H and O–H groups in total. The van der Waals surface area contributed by atoms with E-state index in [-0.39, 0.29) is 12.4 Å². The lowest BCUT2D eigenvalue weighted by Gasteiger charge is -2.28. The summed E-state index contributed by atoms with van der Waals surface area (Å²) in [6.45, 7) is 0. The van der Waals surface area contributed by atoms with E-state index < -0.39 is 23.5 Å². The summed E-state index contributed by atoms with van der Waals surface area (Å²) in [4.78, 5) is 25.4. The molecule has 0 aromatic heterocycles. The second kappa shape index (κ2) is 7.80. The number of carbonyl (C=O) groups is 2. The van der Waals surface area contributed by atoms with Crippen molar-refractivity contribution in [2.24, 2.45) is 5.92 Å². The fraction of sp³-hybridized carbons (Fsp3) is 0.333. The van der Waals surface area contributed by atoms with E-state index in [4.69, 9.17) is 14.2 Å². The van der Waals surface area contributed by atoms with Crippen LogP contribution in [0.5, 0.6) is 5.75 Å². The SMILES string of the molecule is COC(=O)[C@H]1C[C@@](C(=O)OC)(c2ccccc2)NC1c1ccccc1OC. The third-order valence-electron chi connectivity index (χ3n) is 5.11. The van der Waals surface area contributed by atoms with Gasteiger partial charge in [0.15, 0.2) is 0 Å². The molecular formula is C21H23NO5. The molecule has 6 heteroatoms. The van der Waals surface area contributed by atoms with E-state index in [1.54, 1.807) is 7.11 Å². The second-order valence-corrected chi connectivity index (χ2v) is 6.46. The molecule has 1 unspecified atom stereocenters. The quantitative estimate of drug-likeness (QED) is 0.817. The first-order valence-corrected chi connectivity index (χ1v) is 8.69. The van der Waals surface area contributed by atoms with E-state index in [1.807, 2.05) is 54.6 Å². The fourth-order valence-corrected chi connectivity index (χ4v) is 3.82. The highest BCUT2D eigenvalue weighted by Gasteiger charge is 2.55. The third kappa shape index (κ3) is 3.28. The molecule has 0 saturated carbocycles. The lowest BCUT2D eigenvalue weighted by Crippen LogP contribution is -2.46. The lowest BCUT2D eigenvalue weighted by molar-refractivity contribution is -0.149. The number of para-hydroxylation sites is 1. The largest absolute Gasteiger partial charge is 0.496 e. The van der Waals surface area contributed by atoms with E-state index in [0.717, 1.165) is 11.1 Å². The molecule has 1 aliphatic heterocycles. The van der Waals surface area contributed by atoms with E-state index in [9.17, 15) is 9.59 Å². The smallest absolute Gasteiger partial charge is 0.330 e. The van der Waals surface area contributed by atoms with Crippen LogP contribution in [0.25, 0.3) is 0 Å². The Kier molecular flexibility index (Phi) is 5.46. The molecule has 2 aromatic carbocycles. The van der Waals surface area contributed by atoms with Crippen molar-refractivity contribution in [3.8, 4) is 5.75 Å². The number of nitrogens with one attached hydrogen (secondary N) is 1. The lowest BCUT2D eigenvalue weighted by atomic mass is 9.84. The molecule has 3 rings (SSSR count). The van der Waals surface area contributed by atoms with Crippen LogP contribution in [0.4, 0.5) is 0 Å². The maximum Gasteiger partial charge on any atom is 0.330 e. The summed E-state index contributed by atoms with van der Waals surface area (Å²) in [5, 5.41) is 3.37. The van der Waals surface area contributed by atoms with Gasteiger partial charge in [0.1, 0.15) is 11.3 Å². The minimum Gasteiger partial charge on any atom is -0.496 e. The number of esters is 2. The van der Waals surface area contributed by atoms with Crippen LogP contribution in [0.2, 0.25) is 0 Å². The zero-order valence-corrected chi connectivity index (χ0v) is 15.6.